The maximum atomic E-state index is 11.9. The van der Waals surface area contributed by atoms with Gasteiger partial charge in [0.15, 0.2) is 5.96 Å². The number of halogens is 1. The smallest absolute Gasteiger partial charge is 0.309 e. The van der Waals surface area contributed by atoms with Crippen LogP contribution in [0.25, 0.3) is 0 Å². The number of para-hydroxylation sites is 1. The van der Waals surface area contributed by atoms with Gasteiger partial charge < -0.3 is 19.9 Å². The van der Waals surface area contributed by atoms with E-state index >= 15 is 0 Å². The Bertz CT molecular complexity index is 604. The van der Waals surface area contributed by atoms with Crippen LogP contribution in [0.3, 0.4) is 0 Å². The van der Waals surface area contributed by atoms with Crippen LogP contribution in [0, 0.1) is 5.92 Å². The van der Waals surface area contributed by atoms with Crippen molar-refractivity contribution < 1.29 is 9.53 Å². The van der Waals surface area contributed by atoms with Gasteiger partial charge in [-0.1, -0.05) is 18.2 Å². The number of ether oxygens (including phenoxy) is 1. The van der Waals surface area contributed by atoms with Gasteiger partial charge in [0.1, 0.15) is 0 Å². The number of anilines is 1. The van der Waals surface area contributed by atoms with E-state index in [0.717, 1.165) is 64.5 Å². The number of guanidine groups is 1. The van der Waals surface area contributed by atoms with Crippen molar-refractivity contribution in [3.05, 3.63) is 30.3 Å². The summed E-state index contributed by atoms with van der Waals surface area (Å²) in [5.74, 6) is 0.945. The number of nitrogens with zero attached hydrogens (tertiary/aromatic N) is 3. The van der Waals surface area contributed by atoms with Crippen molar-refractivity contribution in [1.82, 2.24) is 10.2 Å². The minimum absolute atomic E-state index is 0. The molecule has 1 saturated heterocycles. The van der Waals surface area contributed by atoms with Crippen LogP contribution < -0.4 is 10.2 Å². The minimum atomic E-state index is -0.0512. The first-order valence-corrected chi connectivity index (χ1v) is 10.7. The molecule has 1 fully saturated rings. The Balaban J connectivity index is 0.00000420. The van der Waals surface area contributed by atoms with Crippen molar-refractivity contribution in [3.63, 3.8) is 0 Å². The second kappa shape index (κ2) is 14.5. The van der Waals surface area contributed by atoms with Crippen LogP contribution in [-0.4, -0.2) is 62.7 Å². The third-order valence-electron chi connectivity index (χ3n) is 5.10. The van der Waals surface area contributed by atoms with Crippen molar-refractivity contribution in [2.75, 3.05) is 50.8 Å². The molecule has 6 nitrogen and oxygen atoms in total. The molecule has 0 amide bonds. The summed E-state index contributed by atoms with van der Waals surface area (Å²) in [6, 6.07) is 10.5. The summed E-state index contributed by atoms with van der Waals surface area (Å²) in [6.45, 7) is 11.9. The lowest BCUT2D eigenvalue weighted by atomic mass is 9.97. The maximum Gasteiger partial charge on any atom is 0.309 e. The average Bonchev–Trinajstić information content (AvgIpc) is 2.74. The van der Waals surface area contributed by atoms with Gasteiger partial charge >= 0.3 is 5.97 Å². The normalized spacial score (nSPS) is 14.9. The zero-order valence-electron chi connectivity index (χ0n) is 18.1. The highest BCUT2D eigenvalue weighted by molar-refractivity contribution is 14.0. The Kier molecular flexibility index (Phi) is 12.7. The molecule has 1 aliphatic rings. The van der Waals surface area contributed by atoms with Gasteiger partial charge in [-0.25, -0.2) is 0 Å². The molecular formula is C22H37IN4O2. The lowest BCUT2D eigenvalue weighted by molar-refractivity contribution is -0.149. The topological polar surface area (TPSA) is 57.2 Å². The Hall–Kier alpha value is -1.51. The predicted octanol–water partition coefficient (Wildman–Crippen LogP) is 3.76. The number of hydrogen-bond acceptors (Lipinski definition) is 4. The van der Waals surface area contributed by atoms with E-state index in [9.17, 15) is 4.79 Å². The summed E-state index contributed by atoms with van der Waals surface area (Å²) in [7, 11) is 0. The molecule has 0 unspecified atom stereocenters. The first kappa shape index (κ1) is 25.5. The molecule has 1 aromatic rings. The van der Waals surface area contributed by atoms with Crippen molar-refractivity contribution in [3.8, 4) is 0 Å². The molecule has 0 radical (unpaired) electrons. The van der Waals surface area contributed by atoms with Crippen molar-refractivity contribution >= 4 is 41.6 Å². The number of esters is 1. The van der Waals surface area contributed by atoms with Gasteiger partial charge in [0.2, 0.25) is 0 Å². The molecule has 1 heterocycles. The molecule has 0 spiro atoms. The van der Waals surface area contributed by atoms with E-state index < -0.39 is 0 Å². The quantitative estimate of drug-likeness (QED) is 0.178. The van der Waals surface area contributed by atoms with Crippen LogP contribution >= 0.6 is 24.0 Å². The van der Waals surface area contributed by atoms with Gasteiger partial charge in [0.25, 0.3) is 0 Å². The number of aliphatic imine (C=N–C) groups is 1. The maximum absolute atomic E-state index is 11.9. The highest BCUT2D eigenvalue weighted by Gasteiger charge is 2.27. The second-order valence-corrected chi connectivity index (χ2v) is 7.02. The number of carbonyl (C=O) groups is 1. The lowest BCUT2D eigenvalue weighted by Crippen LogP contribution is -2.46. The van der Waals surface area contributed by atoms with E-state index in [1.165, 1.54) is 5.69 Å². The molecule has 1 aromatic carbocycles. The Labute approximate surface area is 193 Å². The Morgan fingerprint density at radius 2 is 1.90 bits per heavy atom. The zero-order chi connectivity index (χ0) is 20.2. The summed E-state index contributed by atoms with van der Waals surface area (Å²) in [5, 5.41) is 3.40. The molecule has 0 bridgehead atoms. The largest absolute Gasteiger partial charge is 0.466 e. The van der Waals surface area contributed by atoms with Crippen molar-refractivity contribution in [1.29, 1.82) is 0 Å². The highest BCUT2D eigenvalue weighted by atomic mass is 127. The number of hydrogen-bond donors (Lipinski definition) is 1. The summed E-state index contributed by atoms with van der Waals surface area (Å²) in [5.41, 5.74) is 1.27. The van der Waals surface area contributed by atoms with Crippen molar-refractivity contribution in [2.45, 2.75) is 40.0 Å². The fraction of sp³-hybridized carbons (Fsp3) is 0.636. The van der Waals surface area contributed by atoms with E-state index in [2.05, 4.69) is 59.3 Å². The number of nitrogens with one attached hydrogen (secondary N) is 1. The van der Waals surface area contributed by atoms with Crippen LogP contribution in [0.1, 0.15) is 40.0 Å². The molecule has 0 atom stereocenters. The van der Waals surface area contributed by atoms with Crippen molar-refractivity contribution in [2.24, 2.45) is 10.9 Å². The van der Waals surface area contributed by atoms with Gasteiger partial charge in [-0.3, -0.25) is 9.79 Å². The summed E-state index contributed by atoms with van der Waals surface area (Å²) >= 11 is 0. The fourth-order valence-corrected chi connectivity index (χ4v) is 3.57. The molecule has 0 aliphatic carbocycles. The molecule has 0 saturated carbocycles. The standard InChI is InChI=1S/C22H36N4O2.HI/c1-4-23-22(26-17-13-19(14-18-26)21(27)28-6-3)24-15-10-16-25(5-2)20-11-8-7-9-12-20;/h7-9,11-12,19H,4-6,10,13-18H2,1-3H3,(H,23,24);1H. The summed E-state index contributed by atoms with van der Waals surface area (Å²) in [6.07, 6.45) is 2.68. The first-order chi connectivity index (χ1) is 13.7. The van der Waals surface area contributed by atoms with E-state index in [-0.39, 0.29) is 35.9 Å². The molecule has 29 heavy (non-hydrogen) atoms. The summed E-state index contributed by atoms with van der Waals surface area (Å²) in [4.78, 5) is 21.4. The predicted molar refractivity (Wildman–Crippen MR) is 131 cm³/mol. The Morgan fingerprint density at radius 1 is 1.21 bits per heavy atom. The third kappa shape index (κ3) is 8.40. The lowest BCUT2D eigenvalue weighted by Gasteiger charge is -2.33. The molecule has 2 rings (SSSR count). The van der Waals surface area contributed by atoms with E-state index in [1.807, 2.05) is 6.92 Å². The van der Waals surface area contributed by atoms with Gasteiger partial charge in [-0.05, 0) is 52.2 Å². The van der Waals surface area contributed by atoms with E-state index in [1.54, 1.807) is 0 Å². The summed E-state index contributed by atoms with van der Waals surface area (Å²) < 4.78 is 5.17. The van der Waals surface area contributed by atoms with Gasteiger partial charge in [0.05, 0.1) is 12.5 Å². The number of piperidine rings is 1. The molecule has 7 heteroatoms. The van der Waals surface area contributed by atoms with E-state index in [0.29, 0.717) is 6.61 Å². The van der Waals surface area contributed by atoms with Crippen LogP contribution in [0.4, 0.5) is 5.69 Å². The molecule has 0 aromatic heterocycles. The average molecular weight is 516 g/mol. The molecule has 1 aliphatic heterocycles. The second-order valence-electron chi connectivity index (χ2n) is 7.02. The number of likely N-dealkylation sites (tertiary alicyclic amines) is 1. The number of rotatable bonds is 9. The molecule has 1 N–H and O–H groups in total. The Morgan fingerprint density at radius 3 is 2.48 bits per heavy atom. The van der Waals surface area contributed by atoms with Crippen LogP contribution in [0.15, 0.2) is 35.3 Å². The van der Waals surface area contributed by atoms with E-state index in [4.69, 9.17) is 9.73 Å². The van der Waals surface area contributed by atoms with Crippen LogP contribution in [0.5, 0.6) is 0 Å². The van der Waals surface area contributed by atoms with Crippen LogP contribution in [-0.2, 0) is 9.53 Å². The number of benzene rings is 1. The van der Waals surface area contributed by atoms with Gasteiger partial charge in [-0.15, -0.1) is 24.0 Å². The van der Waals surface area contributed by atoms with Crippen LogP contribution in [0.2, 0.25) is 0 Å². The van der Waals surface area contributed by atoms with Gasteiger partial charge in [0, 0.05) is 45.0 Å². The molecular weight excluding hydrogens is 479 g/mol. The number of carbonyl (C=O) groups excluding carboxylic acids is 1. The minimum Gasteiger partial charge on any atom is -0.466 e. The third-order valence-corrected chi connectivity index (χ3v) is 5.10. The SMILES string of the molecule is CCNC(=NCCCN(CC)c1ccccc1)N1CCC(C(=O)OCC)CC1.I. The monoisotopic (exact) mass is 516 g/mol. The highest BCUT2D eigenvalue weighted by Crippen LogP contribution is 2.19. The zero-order valence-corrected chi connectivity index (χ0v) is 20.4. The first-order valence-electron chi connectivity index (χ1n) is 10.7. The van der Waals surface area contributed by atoms with Gasteiger partial charge in [-0.2, -0.15) is 0 Å². The molecule has 164 valence electrons. The fourth-order valence-electron chi connectivity index (χ4n) is 3.57.